The molecule has 0 saturated carbocycles. The van der Waals surface area contributed by atoms with E-state index in [-0.39, 0.29) is 24.3 Å². The maximum atomic E-state index is 12.9. The minimum atomic E-state index is -0.237. The van der Waals surface area contributed by atoms with Gasteiger partial charge in [-0.2, -0.15) is 0 Å². The zero-order chi connectivity index (χ0) is 25.5. The second-order valence-corrected chi connectivity index (χ2v) is 8.90. The van der Waals surface area contributed by atoms with Gasteiger partial charge in [-0.3, -0.25) is 9.59 Å². The first-order valence-electron chi connectivity index (χ1n) is 12.5. The SMILES string of the molecule is CCCC(=O)OCc1ccc(N(C)C)c(NC(=O)CCCCCCCOCc2ccc(F)cc2)c1. The molecule has 0 aliphatic carbocycles. The molecule has 35 heavy (non-hydrogen) atoms. The first-order valence-corrected chi connectivity index (χ1v) is 12.5. The van der Waals surface area contributed by atoms with Crippen molar-refractivity contribution in [2.75, 3.05) is 30.9 Å². The number of esters is 1. The van der Waals surface area contributed by atoms with E-state index in [1.807, 2.05) is 44.1 Å². The highest BCUT2D eigenvalue weighted by atomic mass is 19.1. The van der Waals surface area contributed by atoms with E-state index < -0.39 is 0 Å². The van der Waals surface area contributed by atoms with Gasteiger partial charge in [0.1, 0.15) is 12.4 Å². The Balaban J connectivity index is 1.65. The molecule has 2 aromatic carbocycles. The van der Waals surface area contributed by atoms with Crippen molar-refractivity contribution < 1.29 is 23.5 Å². The van der Waals surface area contributed by atoms with Crippen LogP contribution in [0.2, 0.25) is 0 Å². The van der Waals surface area contributed by atoms with E-state index in [0.29, 0.717) is 26.1 Å². The molecule has 1 N–H and O–H groups in total. The molecule has 0 aliphatic heterocycles. The molecule has 0 bridgehead atoms. The minimum Gasteiger partial charge on any atom is -0.461 e. The summed E-state index contributed by atoms with van der Waals surface area (Å²) in [6, 6.07) is 12.1. The van der Waals surface area contributed by atoms with Gasteiger partial charge in [0.25, 0.3) is 0 Å². The predicted octanol–water partition coefficient (Wildman–Crippen LogP) is 6.23. The molecule has 0 spiro atoms. The van der Waals surface area contributed by atoms with Crippen molar-refractivity contribution in [1.82, 2.24) is 0 Å². The standard InChI is InChI=1S/C28H39FN2O4/c1-4-10-28(33)35-21-23-14-17-26(31(2)3)25(19-23)30-27(32)11-8-6-5-7-9-18-34-20-22-12-15-24(29)16-13-22/h12-17,19H,4-11,18,20-21H2,1-3H3,(H,30,32). The number of halogens is 1. The summed E-state index contributed by atoms with van der Waals surface area (Å²) in [6.45, 7) is 3.31. The largest absolute Gasteiger partial charge is 0.461 e. The van der Waals surface area contributed by atoms with Crippen LogP contribution in [0.5, 0.6) is 0 Å². The number of ether oxygens (including phenoxy) is 2. The van der Waals surface area contributed by atoms with Crippen LogP contribution in [-0.2, 0) is 32.3 Å². The molecule has 0 heterocycles. The van der Waals surface area contributed by atoms with E-state index in [0.717, 1.165) is 61.0 Å². The first kappa shape index (κ1) is 28.3. The van der Waals surface area contributed by atoms with Crippen LogP contribution in [0.15, 0.2) is 42.5 Å². The number of unbranched alkanes of at least 4 members (excludes halogenated alkanes) is 4. The zero-order valence-electron chi connectivity index (χ0n) is 21.3. The molecule has 0 aromatic heterocycles. The summed E-state index contributed by atoms with van der Waals surface area (Å²) >= 11 is 0. The van der Waals surface area contributed by atoms with Gasteiger partial charge in [0, 0.05) is 33.5 Å². The summed E-state index contributed by atoms with van der Waals surface area (Å²) in [6.07, 6.45) is 6.50. The van der Waals surface area contributed by atoms with Crippen LogP contribution in [0.3, 0.4) is 0 Å². The lowest BCUT2D eigenvalue weighted by molar-refractivity contribution is -0.145. The number of benzene rings is 2. The number of nitrogens with zero attached hydrogens (tertiary/aromatic N) is 1. The van der Waals surface area contributed by atoms with Gasteiger partial charge in [-0.25, -0.2) is 4.39 Å². The Morgan fingerprint density at radius 3 is 2.29 bits per heavy atom. The number of anilines is 2. The highest BCUT2D eigenvalue weighted by Crippen LogP contribution is 2.26. The van der Waals surface area contributed by atoms with Crippen molar-refractivity contribution >= 4 is 23.3 Å². The Kier molecular flexibility index (Phi) is 12.8. The molecule has 7 heteroatoms. The molecule has 2 rings (SSSR count). The number of hydrogen-bond acceptors (Lipinski definition) is 5. The summed E-state index contributed by atoms with van der Waals surface area (Å²) in [7, 11) is 3.85. The molecule has 0 unspecified atom stereocenters. The van der Waals surface area contributed by atoms with Gasteiger partial charge in [-0.1, -0.05) is 44.4 Å². The van der Waals surface area contributed by atoms with Crippen molar-refractivity contribution in [3.63, 3.8) is 0 Å². The summed E-state index contributed by atoms with van der Waals surface area (Å²) < 4.78 is 23.8. The smallest absolute Gasteiger partial charge is 0.306 e. The Labute approximate surface area is 208 Å². The van der Waals surface area contributed by atoms with Crippen molar-refractivity contribution in [3.05, 3.63) is 59.4 Å². The number of amides is 1. The van der Waals surface area contributed by atoms with Gasteiger partial charge in [-0.15, -0.1) is 0 Å². The third-order valence-corrected chi connectivity index (χ3v) is 5.55. The quantitative estimate of drug-likeness (QED) is 0.225. The number of carbonyl (C=O) groups excluding carboxylic acids is 2. The Bertz CT molecular complexity index is 916. The van der Waals surface area contributed by atoms with E-state index in [9.17, 15) is 14.0 Å². The number of nitrogens with one attached hydrogen (secondary N) is 1. The van der Waals surface area contributed by atoms with Crippen LogP contribution in [0.1, 0.15) is 69.4 Å². The second-order valence-electron chi connectivity index (χ2n) is 8.90. The number of hydrogen-bond donors (Lipinski definition) is 1. The molecule has 2 aromatic rings. The van der Waals surface area contributed by atoms with Crippen LogP contribution >= 0.6 is 0 Å². The molecular weight excluding hydrogens is 447 g/mol. The molecule has 0 saturated heterocycles. The Morgan fingerprint density at radius 1 is 0.886 bits per heavy atom. The van der Waals surface area contributed by atoms with Gasteiger partial charge < -0.3 is 19.7 Å². The highest BCUT2D eigenvalue weighted by Gasteiger charge is 2.11. The van der Waals surface area contributed by atoms with E-state index in [1.165, 1.54) is 12.1 Å². The molecule has 0 radical (unpaired) electrons. The molecule has 0 fully saturated rings. The van der Waals surface area contributed by atoms with E-state index >= 15 is 0 Å². The molecule has 1 amide bonds. The zero-order valence-corrected chi connectivity index (χ0v) is 21.3. The topological polar surface area (TPSA) is 67.9 Å². The first-order chi connectivity index (χ1) is 16.9. The molecule has 192 valence electrons. The maximum Gasteiger partial charge on any atom is 0.306 e. The van der Waals surface area contributed by atoms with Crippen molar-refractivity contribution in [2.24, 2.45) is 0 Å². The van der Waals surface area contributed by atoms with Crippen LogP contribution < -0.4 is 10.2 Å². The Morgan fingerprint density at radius 2 is 1.57 bits per heavy atom. The lowest BCUT2D eigenvalue weighted by Gasteiger charge is -2.19. The summed E-state index contributed by atoms with van der Waals surface area (Å²) in [4.78, 5) is 26.1. The molecule has 6 nitrogen and oxygen atoms in total. The average molecular weight is 487 g/mol. The average Bonchev–Trinajstić information content (AvgIpc) is 2.83. The van der Waals surface area contributed by atoms with Gasteiger partial charge in [0.15, 0.2) is 0 Å². The molecular formula is C28H39FN2O4. The van der Waals surface area contributed by atoms with Crippen LogP contribution in [0, 0.1) is 5.82 Å². The normalized spacial score (nSPS) is 10.7. The van der Waals surface area contributed by atoms with Crippen LogP contribution in [0.4, 0.5) is 15.8 Å². The van der Waals surface area contributed by atoms with Crippen LogP contribution in [0.25, 0.3) is 0 Å². The van der Waals surface area contributed by atoms with Gasteiger partial charge in [0.2, 0.25) is 5.91 Å². The van der Waals surface area contributed by atoms with Gasteiger partial charge >= 0.3 is 5.97 Å². The third-order valence-electron chi connectivity index (χ3n) is 5.55. The number of rotatable bonds is 16. The number of carbonyl (C=O) groups is 2. The summed E-state index contributed by atoms with van der Waals surface area (Å²) in [5.41, 5.74) is 3.44. The van der Waals surface area contributed by atoms with Crippen molar-refractivity contribution in [3.8, 4) is 0 Å². The summed E-state index contributed by atoms with van der Waals surface area (Å²) in [5, 5.41) is 3.02. The predicted molar refractivity (Wildman–Crippen MR) is 138 cm³/mol. The van der Waals surface area contributed by atoms with Gasteiger partial charge in [0.05, 0.1) is 18.0 Å². The fourth-order valence-corrected chi connectivity index (χ4v) is 3.61. The van der Waals surface area contributed by atoms with E-state index in [4.69, 9.17) is 9.47 Å². The van der Waals surface area contributed by atoms with E-state index in [1.54, 1.807) is 12.1 Å². The molecule has 0 aliphatic rings. The monoisotopic (exact) mass is 486 g/mol. The third kappa shape index (κ3) is 11.4. The Hall–Kier alpha value is -2.93. The van der Waals surface area contributed by atoms with E-state index in [2.05, 4.69) is 5.32 Å². The van der Waals surface area contributed by atoms with Crippen molar-refractivity contribution in [1.29, 1.82) is 0 Å². The highest BCUT2D eigenvalue weighted by molar-refractivity contribution is 5.94. The van der Waals surface area contributed by atoms with Crippen LogP contribution in [-0.4, -0.2) is 32.6 Å². The summed E-state index contributed by atoms with van der Waals surface area (Å²) in [5.74, 6) is -0.468. The lowest BCUT2D eigenvalue weighted by Crippen LogP contribution is -2.17. The lowest BCUT2D eigenvalue weighted by atomic mass is 10.1. The molecule has 0 atom stereocenters. The second kappa shape index (κ2) is 15.9. The van der Waals surface area contributed by atoms with Gasteiger partial charge in [-0.05, 0) is 54.7 Å². The maximum absolute atomic E-state index is 12.9. The fraction of sp³-hybridized carbons (Fsp3) is 0.500. The van der Waals surface area contributed by atoms with Crippen molar-refractivity contribution in [2.45, 2.75) is 71.5 Å². The fourth-order valence-electron chi connectivity index (χ4n) is 3.61. The minimum absolute atomic E-state index is 0.0177.